The number of carboxylic acid groups (broad SMARTS) is 1. The van der Waals surface area contributed by atoms with Gasteiger partial charge in [-0.3, -0.25) is 4.79 Å². The number of benzene rings is 2. The Labute approximate surface area is 136 Å². The second-order valence-corrected chi connectivity index (χ2v) is 5.78. The third-order valence-corrected chi connectivity index (χ3v) is 4.38. The second kappa shape index (κ2) is 4.92. The van der Waals surface area contributed by atoms with Crippen molar-refractivity contribution in [3.8, 4) is 0 Å². The molecule has 2 heterocycles. The van der Waals surface area contributed by atoms with Gasteiger partial charge in [0.05, 0.1) is 17.5 Å². The van der Waals surface area contributed by atoms with Gasteiger partial charge in [0, 0.05) is 0 Å². The summed E-state index contributed by atoms with van der Waals surface area (Å²) < 4.78 is 10.8. The van der Waals surface area contributed by atoms with Gasteiger partial charge in [-0.15, -0.1) is 0 Å². The highest BCUT2D eigenvalue weighted by molar-refractivity contribution is 5.98. The van der Waals surface area contributed by atoms with Crippen molar-refractivity contribution in [2.24, 2.45) is 0 Å². The van der Waals surface area contributed by atoms with Gasteiger partial charge in [-0.2, -0.15) is 0 Å². The monoisotopic (exact) mass is 324 g/mol. The van der Waals surface area contributed by atoms with Crippen LogP contribution < -0.4 is 0 Å². The number of carbonyl (C=O) groups excluding carboxylic acids is 2. The zero-order valence-electron chi connectivity index (χ0n) is 12.4. The number of esters is 2. The van der Waals surface area contributed by atoms with Crippen LogP contribution >= 0.6 is 0 Å². The van der Waals surface area contributed by atoms with Crippen LogP contribution in [-0.4, -0.2) is 28.8 Å². The maximum absolute atomic E-state index is 12.3. The van der Waals surface area contributed by atoms with E-state index in [2.05, 4.69) is 0 Å². The molecule has 6 heteroatoms. The molecule has 0 saturated carbocycles. The fraction of sp³-hybridized carbons (Fsp3) is 0.167. The Balaban J connectivity index is 1.91. The fourth-order valence-corrected chi connectivity index (χ4v) is 3.37. The van der Waals surface area contributed by atoms with Crippen LogP contribution in [0.4, 0.5) is 0 Å². The standard InChI is InChI=1S/C18H12O6/c19-15(20)14-12-7-3-4-8-13(12)17(22)24-18(14)9-10-5-1-2-6-11(10)16(21)23-18/h1-8,14H,9H2,(H,19,20)/t14-,18-/m0/s1. The Hall–Kier alpha value is -3.15. The molecule has 2 atom stereocenters. The van der Waals surface area contributed by atoms with E-state index < -0.39 is 29.6 Å². The quantitative estimate of drug-likeness (QED) is 0.808. The smallest absolute Gasteiger partial charge is 0.341 e. The molecule has 1 spiro atoms. The molecule has 24 heavy (non-hydrogen) atoms. The Bertz CT molecular complexity index is 883. The van der Waals surface area contributed by atoms with Crippen LogP contribution in [0.1, 0.15) is 37.8 Å². The molecule has 6 nitrogen and oxygen atoms in total. The van der Waals surface area contributed by atoms with Crippen molar-refractivity contribution in [3.63, 3.8) is 0 Å². The van der Waals surface area contributed by atoms with Gasteiger partial charge in [-0.25, -0.2) is 9.59 Å². The van der Waals surface area contributed by atoms with Crippen molar-refractivity contribution in [2.45, 2.75) is 18.1 Å². The van der Waals surface area contributed by atoms with Crippen LogP contribution in [-0.2, 0) is 20.7 Å². The average Bonchev–Trinajstić information content (AvgIpc) is 2.54. The second-order valence-electron chi connectivity index (χ2n) is 5.78. The first-order chi connectivity index (χ1) is 11.5. The zero-order chi connectivity index (χ0) is 16.9. The Kier molecular flexibility index (Phi) is 2.96. The summed E-state index contributed by atoms with van der Waals surface area (Å²) in [6.07, 6.45) is -0.00798. The highest BCUT2D eigenvalue weighted by atomic mass is 16.7. The van der Waals surface area contributed by atoms with Crippen LogP contribution in [0, 0.1) is 0 Å². The third kappa shape index (κ3) is 1.93. The van der Waals surface area contributed by atoms with Gasteiger partial charge in [0.25, 0.3) is 5.79 Å². The molecule has 0 saturated heterocycles. The highest BCUT2D eigenvalue weighted by Crippen LogP contribution is 2.45. The molecule has 0 aliphatic carbocycles. The van der Waals surface area contributed by atoms with Crippen molar-refractivity contribution < 1.29 is 29.0 Å². The largest absolute Gasteiger partial charge is 0.481 e. The number of rotatable bonds is 1. The maximum Gasteiger partial charge on any atom is 0.341 e. The molecule has 0 unspecified atom stereocenters. The van der Waals surface area contributed by atoms with Crippen LogP contribution in [0.15, 0.2) is 48.5 Å². The molecule has 0 radical (unpaired) electrons. The molecule has 2 aliphatic rings. The number of carbonyl (C=O) groups is 3. The molecular weight excluding hydrogens is 312 g/mol. The van der Waals surface area contributed by atoms with E-state index in [1.165, 1.54) is 6.07 Å². The van der Waals surface area contributed by atoms with Gasteiger partial charge in [-0.1, -0.05) is 36.4 Å². The Morgan fingerprint density at radius 3 is 2.25 bits per heavy atom. The number of fused-ring (bicyclic) bond motifs is 2. The predicted octanol–water partition coefficient (Wildman–Crippen LogP) is 2.13. The number of hydrogen-bond donors (Lipinski definition) is 1. The number of hydrogen-bond acceptors (Lipinski definition) is 5. The summed E-state index contributed by atoms with van der Waals surface area (Å²) in [5.41, 5.74) is 1.40. The van der Waals surface area contributed by atoms with Crippen molar-refractivity contribution in [2.75, 3.05) is 0 Å². The van der Waals surface area contributed by atoms with E-state index in [4.69, 9.17) is 9.47 Å². The number of ether oxygens (including phenoxy) is 2. The van der Waals surface area contributed by atoms with Gasteiger partial charge in [0.1, 0.15) is 0 Å². The van der Waals surface area contributed by atoms with Crippen LogP contribution in [0.25, 0.3) is 0 Å². The van der Waals surface area contributed by atoms with E-state index in [-0.39, 0.29) is 17.5 Å². The summed E-state index contributed by atoms with van der Waals surface area (Å²) in [5.74, 6) is -5.78. The van der Waals surface area contributed by atoms with Gasteiger partial charge >= 0.3 is 17.9 Å². The lowest BCUT2D eigenvalue weighted by molar-refractivity contribution is -0.201. The Morgan fingerprint density at radius 1 is 0.958 bits per heavy atom. The number of carboxylic acids is 1. The summed E-state index contributed by atoms with van der Waals surface area (Å²) in [5, 5.41) is 9.74. The van der Waals surface area contributed by atoms with E-state index in [0.717, 1.165) is 0 Å². The first-order valence-corrected chi connectivity index (χ1v) is 7.38. The lowest BCUT2D eigenvalue weighted by Gasteiger charge is -2.43. The van der Waals surface area contributed by atoms with Crippen LogP contribution in [0.2, 0.25) is 0 Å². The Morgan fingerprint density at radius 2 is 1.54 bits per heavy atom. The molecule has 2 aromatic carbocycles. The molecule has 1 N–H and O–H groups in total. The minimum absolute atomic E-state index is 0.00798. The van der Waals surface area contributed by atoms with Gasteiger partial charge < -0.3 is 14.6 Å². The summed E-state index contributed by atoms with van der Waals surface area (Å²) >= 11 is 0. The predicted molar refractivity (Wildman–Crippen MR) is 80.5 cm³/mol. The summed E-state index contributed by atoms with van der Waals surface area (Å²) in [7, 11) is 0. The highest BCUT2D eigenvalue weighted by Gasteiger charge is 2.57. The molecular formula is C18H12O6. The van der Waals surface area contributed by atoms with Crippen molar-refractivity contribution in [1.82, 2.24) is 0 Å². The molecule has 0 bridgehead atoms. The molecule has 4 rings (SSSR count). The topological polar surface area (TPSA) is 89.9 Å². The van der Waals surface area contributed by atoms with Crippen molar-refractivity contribution >= 4 is 17.9 Å². The van der Waals surface area contributed by atoms with E-state index in [0.29, 0.717) is 11.1 Å². The zero-order valence-corrected chi connectivity index (χ0v) is 12.4. The molecule has 0 fully saturated rings. The summed E-state index contributed by atoms with van der Waals surface area (Å²) in [4.78, 5) is 36.6. The van der Waals surface area contributed by atoms with Gasteiger partial charge in [-0.05, 0) is 23.3 Å². The minimum atomic E-state index is -1.87. The van der Waals surface area contributed by atoms with E-state index >= 15 is 0 Å². The van der Waals surface area contributed by atoms with E-state index in [9.17, 15) is 19.5 Å². The normalized spacial score (nSPS) is 24.6. The lowest BCUT2D eigenvalue weighted by atomic mass is 9.80. The molecule has 120 valence electrons. The summed E-state index contributed by atoms with van der Waals surface area (Å²) in [6, 6.07) is 13.0. The first-order valence-electron chi connectivity index (χ1n) is 7.38. The van der Waals surface area contributed by atoms with E-state index in [1.807, 2.05) is 0 Å². The van der Waals surface area contributed by atoms with Crippen LogP contribution in [0.3, 0.4) is 0 Å². The van der Waals surface area contributed by atoms with Crippen LogP contribution in [0.5, 0.6) is 0 Å². The molecule has 0 aromatic heterocycles. The molecule has 0 amide bonds. The third-order valence-electron chi connectivity index (χ3n) is 4.38. The molecule has 2 aliphatic heterocycles. The van der Waals surface area contributed by atoms with Crippen molar-refractivity contribution in [1.29, 1.82) is 0 Å². The van der Waals surface area contributed by atoms with E-state index in [1.54, 1.807) is 42.5 Å². The fourth-order valence-electron chi connectivity index (χ4n) is 3.37. The first kappa shape index (κ1) is 14.4. The lowest BCUT2D eigenvalue weighted by Crippen LogP contribution is -2.55. The maximum atomic E-state index is 12.3. The van der Waals surface area contributed by atoms with Gasteiger partial charge in [0.2, 0.25) is 0 Å². The average molecular weight is 324 g/mol. The number of aliphatic carboxylic acids is 1. The van der Waals surface area contributed by atoms with Crippen molar-refractivity contribution in [3.05, 3.63) is 70.8 Å². The molecule has 2 aromatic rings. The SMILES string of the molecule is O=C1O[C@@]2(Cc3ccccc31)OC(=O)c1ccccc1[C@H]2C(=O)O. The minimum Gasteiger partial charge on any atom is -0.481 e. The summed E-state index contributed by atoms with van der Waals surface area (Å²) in [6.45, 7) is 0. The van der Waals surface area contributed by atoms with Gasteiger partial charge in [0.15, 0.2) is 5.92 Å².